The minimum atomic E-state index is -0.358. The highest BCUT2D eigenvalue weighted by molar-refractivity contribution is 14.1. The van der Waals surface area contributed by atoms with Gasteiger partial charge in [-0.2, -0.15) is 10.4 Å². The number of halogens is 2. The fraction of sp³-hybridized carbons (Fsp3) is 0.444. The average molecular weight is 452 g/mol. The van der Waals surface area contributed by atoms with Crippen molar-refractivity contribution in [3.05, 3.63) is 27.2 Å². The summed E-state index contributed by atoms with van der Waals surface area (Å²) in [5, 5.41) is 14.0. The highest BCUT2D eigenvalue weighted by Gasteiger charge is 2.31. The molecule has 5 nitrogen and oxygen atoms in total. The zero-order chi connectivity index (χ0) is 17.6. The number of rotatable bonds is 4. The Bertz CT molecular complexity index is 843. The molecule has 2 heterocycles. The minimum absolute atomic E-state index is 0.141. The zero-order valence-electron chi connectivity index (χ0n) is 13.9. The van der Waals surface area contributed by atoms with Crippen LogP contribution in [-0.4, -0.2) is 29.0 Å². The van der Waals surface area contributed by atoms with Crippen molar-refractivity contribution >= 4 is 28.3 Å². The summed E-state index contributed by atoms with van der Waals surface area (Å²) >= 11 is 2.13. The molecule has 1 saturated heterocycles. The van der Waals surface area contributed by atoms with E-state index >= 15 is 4.39 Å². The van der Waals surface area contributed by atoms with Crippen LogP contribution in [0, 0.1) is 20.7 Å². The van der Waals surface area contributed by atoms with E-state index < -0.39 is 0 Å². The van der Waals surface area contributed by atoms with Gasteiger partial charge in [0.1, 0.15) is 17.4 Å². The lowest BCUT2D eigenvalue weighted by Gasteiger charge is -2.22. The highest BCUT2D eigenvalue weighted by atomic mass is 127. The van der Waals surface area contributed by atoms with Crippen LogP contribution < -0.4 is 9.64 Å². The van der Waals surface area contributed by atoms with Crippen LogP contribution in [0.2, 0.25) is 0 Å². The number of ether oxygens (including phenoxy) is 1. The molecule has 2 fully saturated rings. The average Bonchev–Trinajstić information content (AvgIpc) is 3.12. The second-order valence-corrected chi connectivity index (χ2v) is 7.71. The molecule has 1 aromatic heterocycles. The summed E-state index contributed by atoms with van der Waals surface area (Å²) in [4.78, 5) is 2.04. The van der Waals surface area contributed by atoms with Gasteiger partial charge in [-0.25, -0.2) is 4.39 Å². The molecule has 0 unspecified atom stereocenters. The molecule has 25 heavy (non-hydrogen) atoms. The number of benzene rings is 1. The standard InChI is InChI=1S/C18H18FIN4O/c1-23-18(13(20)10-22-23)16-12(9-21)15(25-11-4-5-11)8-14(17(16)19)24-6-2-3-7-24/h8,10-11H,2-7H2,1H3. The maximum atomic E-state index is 15.5. The summed E-state index contributed by atoms with van der Waals surface area (Å²) in [5.41, 5.74) is 1.70. The van der Waals surface area contributed by atoms with Crippen LogP contribution in [0.4, 0.5) is 10.1 Å². The Balaban J connectivity index is 1.96. The van der Waals surface area contributed by atoms with Gasteiger partial charge in [-0.05, 0) is 48.3 Å². The molecule has 130 valence electrons. The molecule has 1 aliphatic heterocycles. The molecule has 0 amide bonds. The third kappa shape index (κ3) is 2.97. The minimum Gasteiger partial charge on any atom is -0.489 e. The van der Waals surface area contributed by atoms with Crippen LogP contribution in [0.15, 0.2) is 12.3 Å². The number of aromatic nitrogens is 2. The van der Waals surface area contributed by atoms with Crippen LogP contribution in [0.1, 0.15) is 31.2 Å². The summed E-state index contributed by atoms with van der Waals surface area (Å²) in [7, 11) is 1.77. The molecule has 2 aliphatic rings. The van der Waals surface area contributed by atoms with Gasteiger partial charge in [0.25, 0.3) is 0 Å². The monoisotopic (exact) mass is 452 g/mol. The lowest BCUT2D eigenvalue weighted by molar-refractivity contribution is 0.302. The van der Waals surface area contributed by atoms with Crippen molar-refractivity contribution in [2.75, 3.05) is 18.0 Å². The first-order valence-corrected chi connectivity index (χ1v) is 9.54. The van der Waals surface area contributed by atoms with Gasteiger partial charge in [0.2, 0.25) is 0 Å². The number of hydrogen-bond donors (Lipinski definition) is 0. The number of nitrogens with zero attached hydrogens (tertiary/aromatic N) is 4. The molecule has 0 radical (unpaired) electrons. The van der Waals surface area contributed by atoms with Crippen molar-refractivity contribution in [1.82, 2.24) is 9.78 Å². The van der Waals surface area contributed by atoms with Crippen molar-refractivity contribution in [3.63, 3.8) is 0 Å². The lowest BCUT2D eigenvalue weighted by atomic mass is 10.0. The second-order valence-electron chi connectivity index (χ2n) is 6.55. The number of hydrogen-bond acceptors (Lipinski definition) is 4. The quantitative estimate of drug-likeness (QED) is 0.662. The third-order valence-corrected chi connectivity index (χ3v) is 5.51. The number of nitriles is 1. The van der Waals surface area contributed by atoms with Gasteiger partial charge in [0.15, 0.2) is 5.82 Å². The van der Waals surface area contributed by atoms with E-state index in [2.05, 4.69) is 33.8 Å². The first-order chi connectivity index (χ1) is 12.1. The van der Waals surface area contributed by atoms with Crippen LogP contribution in [0.3, 0.4) is 0 Å². The summed E-state index contributed by atoms with van der Waals surface area (Å²) in [6.07, 6.45) is 5.90. The topological polar surface area (TPSA) is 54.1 Å². The van der Waals surface area contributed by atoms with Crippen molar-refractivity contribution in [1.29, 1.82) is 5.26 Å². The van der Waals surface area contributed by atoms with Crippen molar-refractivity contribution < 1.29 is 9.13 Å². The van der Waals surface area contributed by atoms with E-state index in [1.54, 1.807) is 24.0 Å². The largest absolute Gasteiger partial charge is 0.489 e. The molecule has 1 saturated carbocycles. The molecule has 1 aromatic carbocycles. The normalized spacial score (nSPS) is 17.0. The molecule has 1 aliphatic carbocycles. The van der Waals surface area contributed by atoms with E-state index in [4.69, 9.17) is 4.74 Å². The molecular formula is C18H18FIN4O. The molecular weight excluding hydrogens is 434 g/mol. The van der Waals surface area contributed by atoms with E-state index in [-0.39, 0.29) is 17.5 Å². The SMILES string of the molecule is Cn1ncc(I)c1-c1c(F)c(N2CCCC2)cc(OC2CC2)c1C#N. The Morgan fingerprint density at radius 2 is 2.08 bits per heavy atom. The number of anilines is 1. The lowest BCUT2D eigenvalue weighted by Crippen LogP contribution is -2.20. The van der Waals surface area contributed by atoms with Crippen LogP contribution in [-0.2, 0) is 7.05 Å². The van der Waals surface area contributed by atoms with Gasteiger partial charge < -0.3 is 9.64 Å². The first kappa shape index (κ1) is 16.6. The van der Waals surface area contributed by atoms with Gasteiger partial charge in [-0.1, -0.05) is 0 Å². The van der Waals surface area contributed by atoms with Crippen molar-refractivity contribution in [2.24, 2.45) is 7.05 Å². The molecule has 4 rings (SSSR count). The summed E-state index contributed by atoms with van der Waals surface area (Å²) in [6.45, 7) is 1.65. The molecule has 0 N–H and O–H groups in total. The Labute approximate surface area is 159 Å². The van der Waals surface area contributed by atoms with Gasteiger partial charge in [-0.3, -0.25) is 4.68 Å². The first-order valence-electron chi connectivity index (χ1n) is 8.46. The Morgan fingerprint density at radius 1 is 1.36 bits per heavy atom. The molecule has 0 atom stereocenters. The smallest absolute Gasteiger partial charge is 0.157 e. The van der Waals surface area contributed by atoms with E-state index in [9.17, 15) is 5.26 Å². The highest BCUT2D eigenvalue weighted by Crippen LogP contribution is 2.42. The van der Waals surface area contributed by atoms with Crippen molar-refractivity contribution in [2.45, 2.75) is 31.8 Å². The predicted octanol–water partition coefficient (Wildman–Crippen LogP) is 3.84. The van der Waals surface area contributed by atoms with Gasteiger partial charge >= 0.3 is 0 Å². The summed E-state index contributed by atoms with van der Waals surface area (Å²) in [6, 6.07) is 3.88. The van der Waals surface area contributed by atoms with Crippen LogP contribution in [0.5, 0.6) is 5.75 Å². The van der Waals surface area contributed by atoms with Gasteiger partial charge in [0.05, 0.1) is 32.8 Å². The van der Waals surface area contributed by atoms with Crippen LogP contribution in [0.25, 0.3) is 11.3 Å². The maximum absolute atomic E-state index is 15.5. The van der Waals surface area contributed by atoms with E-state index in [1.165, 1.54) is 0 Å². The zero-order valence-corrected chi connectivity index (χ0v) is 16.1. The second kappa shape index (κ2) is 6.48. The van der Waals surface area contributed by atoms with Crippen LogP contribution >= 0.6 is 22.6 Å². The molecule has 2 aromatic rings. The Morgan fingerprint density at radius 3 is 2.64 bits per heavy atom. The van der Waals surface area contributed by atoms with Crippen molar-refractivity contribution in [3.8, 4) is 23.1 Å². The fourth-order valence-electron chi connectivity index (χ4n) is 3.29. The van der Waals surface area contributed by atoms with Gasteiger partial charge in [0, 0.05) is 26.2 Å². The molecule has 7 heteroatoms. The third-order valence-electron chi connectivity index (χ3n) is 4.72. The molecule has 0 spiro atoms. The Kier molecular flexibility index (Phi) is 4.31. The molecule has 0 bridgehead atoms. The predicted molar refractivity (Wildman–Crippen MR) is 101 cm³/mol. The van der Waals surface area contributed by atoms with E-state index in [1.807, 2.05) is 4.90 Å². The van der Waals surface area contributed by atoms with Gasteiger partial charge in [-0.15, -0.1) is 0 Å². The van der Waals surface area contributed by atoms with E-state index in [0.717, 1.165) is 42.3 Å². The fourth-order valence-corrected chi connectivity index (χ4v) is 4.04. The maximum Gasteiger partial charge on any atom is 0.157 e. The van der Waals surface area contributed by atoms with E-state index in [0.29, 0.717) is 22.7 Å². The number of aryl methyl sites for hydroxylation is 1. The summed E-state index contributed by atoms with van der Waals surface area (Å²) < 4.78 is 23.9. The summed E-state index contributed by atoms with van der Waals surface area (Å²) in [5.74, 6) is 0.128. The Hall–Kier alpha value is -1.82.